The van der Waals surface area contributed by atoms with Crippen molar-refractivity contribution in [3.05, 3.63) is 76.6 Å². The third kappa shape index (κ3) is 6.78. The highest BCUT2D eigenvalue weighted by molar-refractivity contribution is 7.18. The van der Waals surface area contributed by atoms with Gasteiger partial charge in [-0.3, -0.25) is 14.6 Å². The van der Waals surface area contributed by atoms with Crippen LogP contribution in [0, 0.1) is 0 Å². The van der Waals surface area contributed by atoms with Crippen molar-refractivity contribution in [3.63, 3.8) is 0 Å². The van der Waals surface area contributed by atoms with Gasteiger partial charge in [0.05, 0.1) is 32.0 Å². The number of piperidine rings is 1. The van der Waals surface area contributed by atoms with Gasteiger partial charge < -0.3 is 10.6 Å². The Morgan fingerprint density at radius 1 is 1.05 bits per heavy atom. The maximum absolute atomic E-state index is 14.0. The number of nitrogens with two attached hydrogens (primary N) is 1. The first kappa shape index (κ1) is 29.2. The number of halogens is 5. The second-order valence-corrected chi connectivity index (χ2v) is 11.0. The van der Waals surface area contributed by atoms with Crippen molar-refractivity contribution in [2.75, 3.05) is 18.8 Å². The molecule has 4 aromatic rings. The molecule has 0 bridgehead atoms. The quantitative estimate of drug-likeness (QED) is 0.193. The fourth-order valence-electron chi connectivity index (χ4n) is 4.47. The Bertz CT molecular complexity index is 1640. The van der Waals surface area contributed by atoms with Gasteiger partial charge in [-0.2, -0.15) is 13.2 Å². The van der Waals surface area contributed by atoms with Gasteiger partial charge in [0.1, 0.15) is 5.82 Å². The van der Waals surface area contributed by atoms with E-state index in [4.69, 9.17) is 5.73 Å². The molecule has 0 radical (unpaired) electrons. The molecule has 1 aliphatic rings. The number of aromatic nitrogens is 3. The fraction of sp³-hybridized carbons (Fsp3) is 0.276. The zero-order valence-electron chi connectivity index (χ0n) is 22.0. The van der Waals surface area contributed by atoms with E-state index < -0.39 is 36.4 Å². The number of aryl methyl sites for hydroxylation is 1. The van der Waals surface area contributed by atoms with Crippen LogP contribution in [-0.4, -0.2) is 50.6 Å². The van der Waals surface area contributed by atoms with E-state index in [2.05, 4.69) is 15.0 Å². The number of hydrogen-bond acceptors (Lipinski definition) is 7. The molecule has 0 aliphatic carbocycles. The van der Waals surface area contributed by atoms with E-state index in [-0.39, 0.29) is 58.8 Å². The number of carbonyl (C=O) groups is 2. The van der Waals surface area contributed by atoms with Crippen LogP contribution >= 0.6 is 11.3 Å². The van der Waals surface area contributed by atoms with E-state index >= 15 is 0 Å². The molecule has 0 saturated carbocycles. The van der Waals surface area contributed by atoms with Gasteiger partial charge in [0.15, 0.2) is 5.78 Å². The van der Waals surface area contributed by atoms with E-state index in [1.807, 2.05) is 0 Å². The zero-order chi connectivity index (χ0) is 30.1. The first-order valence-electron chi connectivity index (χ1n) is 12.9. The predicted molar refractivity (Wildman–Crippen MR) is 149 cm³/mol. The number of ketones is 1. The second-order valence-electron chi connectivity index (χ2n) is 9.87. The molecule has 0 spiro atoms. The van der Waals surface area contributed by atoms with Crippen LogP contribution in [0.4, 0.5) is 27.8 Å². The lowest BCUT2D eigenvalue weighted by atomic mass is 10.0. The fourth-order valence-corrected chi connectivity index (χ4v) is 5.55. The van der Waals surface area contributed by atoms with Gasteiger partial charge in [-0.05, 0) is 54.1 Å². The number of carbonyl (C=O) groups excluding carboxylic acids is 2. The van der Waals surface area contributed by atoms with Crippen molar-refractivity contribution in [1.29, 1.82) is 0 Å². The summed E-state index contributed by atoms with van der Waals surface area (Å²) in [4.78, 5) is 38.8. The topological polar surface area (TPSA) is 102 Å². The Morgan fingerprint density at radius 2 is 1.81 bits per heavy atom. The minimum absolute atomic E-state index is 0.0501. The van der Waals surface area contributed by atoms with Gasteiger partial charge in [0.25, 0.3) is 11.8 Å². The largest absolute Gasteiger partial charge is 0.417 e. The van der Waals surface area contributed by atoms with E-state index in [1.165, 1.54) is 41.6 Å². The van der Waals surface area contributed by atoms with Crippen molar-refractivity contribution in [1.82, 2.24) is 19.9 Å². The second kappa shape index (κ2) is 11.6. The van der Waals surface area contributed by atoms with Crippen LogP contribution in [0.1, 0.15) is 45.8 Å². The van der Waals surface area contributed by atoms with E-state index in [9.17, 15) is 31.5 Å². The molecule has 1 fully saturated rings. The van der Waals surface area contributed by atoms with Crippen molar-refractivity contribution < 1.29 is 31.5 Å². The Balaban J connectivity index is 1.33. The number of thiazole rings is 1. The molecule has 5 rings (SSSR count). The summed E-state index contributed by atoms with van der Waals surface area (Å²) >= 11 is 0.879. The van der Waals surface area contributed by atoms with Crippen LogP contribution in [0.3, 0.4) is 0 Å². The average molecular weight is 602 g/mol. The zero-order valence-corrected chi connectivity index (χ0v) is 22.8. The van der Waals surface area contributed by atoms with Gasteiger partial charge in [-0.1, -0.05) is 0 Å². The summed E-state index contributed by atoms with van der Waals surface area (Å²) in [7, 11) is 0. The summed E-state index contributed by atoms with van der Waals surface area (Å²) in [5.74, 6) is -3.14. The number of alkyl halides is 5. The lowest BCUT2D eigenvalue weighted by Gasteiger charge is -2.31. The number of fused-ring (bicyclic) bond motifs is 1. The third-order valence-electron chi connectivity index (χ3n) is 6.78. The molecule has 2 N–H and O–H groups in total. The molecule has 1 aromatic carbocycles. The average Bonchev–Trinajstić information content (AvgIpc) is 3.37. The molecule has 0 unspecified atom stereocenters. The number of amides is 1. The highest BCUT2D eigenvalue weighted by Crippen LogP contribution is 2.40. The van der Waals surface area contributed by atoms with Crippen LogP contribution < -0.4 is 5.73 Å². The first-order valence-corrected chi connectivity index (χ1v) is 13.8. The molecule has 1 saturated heterocycles. The molecule has 7 nitrogen and oxygen atoms in total. The van der Waals surface area contributed by atoms with Crippen LogP contribution in [0.5, 0.6) is 0 Å². The van der Waals surface area contributed by atoms with Crippen LogP contribution in [0.25, 0.3) is 27.6 Å². The van der Waals surface area contributed by atoms with Crippen molar-refractivity contribution in [2.45, 2.75) is 37.8 Å². The highest BCUT2D eigenvalue weighted by Gasteiger charge is 2.36. The van der Waals surface area contributed by atoms with Crippen LogP contribution in [-0.2, 0) is 17.4 Å². The maximum atomic E-state index is 14.0. The van der Waals surface area contributed by atoms with Crippen molar-refractivity contribution >= 4 is 45.1 Å². The third-order valence-corrected chi connectivity index (χ3v) is 7.95. The number of allylic oxidation sites excluding steroid dienone is 1. The number of hydrogen-bond donors (Lipinski definition) is 1. The van der Waals surface area contributed by atoms with Crippen molar-refractivity contribution in [3.8, 4) is 11.3 Å². The van der Waals surface area contributed by atoms with E-state index in [0.29, 0.717) is 16.4 Å². The Labute approximate surface area is 240 Å². The standard InChI is InChI=1S/C29H24F5N5O2S/c30-28(31)9-11-39(12-10-28)27(41)18-3-6-22(36-16-18)19-13-21(29(32,33)34)26-23(14-19)38-25(42-26)8-5-20(40)4-1-17-2-7-24(35)37-15-17/h1-4,6-7,13-16H,5,8-12H2,(H2,35,37)/b4-1+. The number of rotatable bonds is 7. The molecule has 218 valence electrons. The Kier molecular flexibility index (Phi) is 8.04. The molecule has 1 amide bonds. The molecule has 1 aliphatic heterocycles. The molecule has 0 atom stereocenters. The summed E-state index contributed by atoms with van der Waals surface area (Å²) < 4.78 is 68.9. The van der Waals surface area contributed by atoms with Gasteiger partial charge >= 0.3 is 6.18 Å². The molecule has 3 aromatic heterocycles. The lowest BCUT2D eigenvalue weighted by molar-refractivity contribution is -0.136. The first-order chi connectivity index (χ1) is 19.9. The number of nitrogen functional groups attached to an aromatic ring is 1. The van der Waals surface area contributed by atoms with E-state index in [1.54, 1.807) is 18.2 Å². The molecule has 4 heterocycles. The van der Waals surface area contributed by atoms with Gasteiger partial charge in [0, 0.05) is 56.7 Å². The summed E-state index contributed by atoms with van der Waals surface area (Å²) in [6, 6.07) is 8.60. The number of anilines is 1. The Morgan fingerprint density at radius 3 is 2.45 bits per heavy atom. The number of benzene rings is 1. The lowest BCUT2D eigenvalue weighted by Crippen LogP contribution is -2.42. The minimum Gasteiger partial charge on any atom is -0.384 e. The molecule has 13 heteroatoms. The summed E-state index contributed by atoms with van der Waals surface area (Å²) in [5, 5.41) is 0.379. The Hall–Kier alpha value is -4.26. The van der Waals surface area contributed by atoms with Crippen molar-refractivity contribution in [2.24, 2.45) is 0 Å². The predicted octanol–water partition coefficient (Wildman–Crippen LogP) is 6.44. The molecular weight excluding hydrogens is 577 g/mol. The van der Waals surface area contributed by atoms with Gasteiger partial charge in [-0.15, -0.1) is 11.3 Å². The molecular formula is C29H24F5N5O2S. The molecule has 42 heavy (non-hydrogen) atoms. The van der Waals surface area contributed by atoms with Gasteiger partial charge in [-0.25, -0.2) is 18.7 Å². The number of pyridine rings is 2. The number of nitrogens with zero attached hydrogens (tertiary/aromatic N) is 4. The summed E-state index contributed by atoms with van der Waals surface area (Å²) in [5.41, 5.74) is 5.96. The summed E-state index contributed by atoms with van der Waals surface area (Å²) in [6.45, 7) is -0.180. The number of likely N-dealkylation sites (tertiary alicyclic amines) is 1. The monoisotopic (exact) mass is 601 g/mol. The normalized spacial score (nSPS) is 15.4. The smallest absolute Gasteiger partial charge is 0.384 e. The van der Waals surface area contributed by atoms with Crippen LogP contribution in [0.2, 0.25) is 0 Å². The highest BCUT2D eigenvalue weighted by atomic mass is 32.1. The minimum atomic E-state index is -4.67. The van der Waals surface area contributed by atoms with Crippen LogP contribution in [0.15, 0.2) is 54.9 Å². The SMILES string of the molecule is Nc1ccc(/C=C/C(=O)CCc2nc3cc(-c4ccc(C(=O)N5CCC(F)(F)CC5)cn4)cc(C(F)(F)F)c3s2)cn1. The maximum Gasteiger partial charge on any atom is 0.417 e. The van der Waals surface area contributed by atoms with E-state index in [0.717, 1.165) is 17.4 Å². The van der Waals surface area contributed by atoms with Gasteiger partial charge in [0.2, 0.25) is 0 Å². The summed E-state index contributed by atoms with van der Waals surface area (Å²) in [6.07, 6.45) is 0.396.